The van der Waals surface area contributed by atoms with E-state index in [-0.39, 0.29) is 11.5 Å². The van der Waals surface area contributed by atoms with Gasteiger partial charge in [-0.2, -0.15) is 4.31 Å². The Hall–Kier alpha value is -1.11. The third-order valence-electron chi connectivity index (χ3n) is 4.36. The Balaban J connectivity index is 2.31. The number of methoxy groups -OCH3 is 1. The molecule has 0 aromatic heterocycles. The van der Waals surface area contributed by atoms with Crippen LogP contribution in [0.1, 0.15) is 25.8 Å². The molecule has 2 atom stereocenters. The van der Waals surface area contributed by atoms with Crippen LogP contribution in [0.3, 0.4) is 0 Å². The average Bonchev–Trinajstić information content (AvgIpc) is 2.49. The minimum absolute atomic E-state index is 0.217. The second kappa shape index (κ2) is 6.34. The minimum Gasteiger partial charge on any atom is -0.496 e. The fourth-order valence-electron chi connectivity index (χ4n) is 2.63. The second-order valence-corrected chi connectivity index (χ2v) is 7.68. The van der Waals surface area contributed by atoms with Gasteiger partial charge in [0.05, 0.1) is 18.6 Å². The van der Waals surface area contributed by atoms with Crippen LogP contribution in [0.2, 0.25) is 0 Å². The number of piperidine rings is 1. The van der Waals surface area contributed by atoms with Gasteiger partial charge >= 0.3 is 0 Å². The van der Waals surface area contributed by atoms with Gasteiger partial charge in [-0.3, -0.25) is 0 Å². The number of aliphatic hydroxyl groups is 1. The third-order valence-corrected chi connectivity index (χ3v) is 6.22. The lowest BCUT2D eigenvalue weighted by Gasteiger charge is -2.34. The van der Waals surface area contributed by atoms with Crippen LogP contribution in [0.5, 0.6) is 5.75 Å². The highest BCUT2D eigenvalue weighted by molar-refractivity contribution is 7.89. The summed E-state index contributed by atoms with van der Waals surface area (Å²) >= 11 is 0. The molecule has 0 amide bonds. The molecule has 1 fully saturated rings. The molecule has 6 heteroatoms. The molecule has 1 aliphatic rings. The molecular weight excluding hydrogens is 290 g/mol. The number of hydrogen-bond donors (Lipinski definition) is 1. The summed E-state index contributed by atoms with van der Waals surface area (Å²) in [5.41, 5.74) is 0.483. The minimum atomic E-state index is -3.51. The maximum absolute atomic E-state index is 12.7. The topological polar surface area (TPSA) is 66.8 Å². The molecule has 1 aliphatic heterocycles. The van der Waals surface area contributed by atoms with Crippen molar-refractivity contribution >= 4 is 10.0 Å². The van der Waals surface area contributed by atoms with Gasteiger partial charge in [0, 0.05) is 18.7 Å². The van der Waals surface area contributed by atoms with E-state index in [1.165, 1.54) is 19.2 Å². The summed E-state index contributed by atoms with van der Waals surface area (Å²) < 4.78 is 32.1. The van der Waals surface area contributed by atoms with Crippen molar-refractivity contribution in [3.05, 3.63) is 23.8 Å². The van der Waals surface area contributed by atoms with E-state index in [0.29, 0.717) is 36.2 Å². The van der Waals surface area contributed by atoms with Crippen LogP contribution in [0, 0.1) is 11.8 Å². The van der Waals surface area contributed by atoms with Crippen molar-refractivity contribution in [3.63, 3.8) is 0 Å². The fraction of sp³-hybridized carbons (Fsp3) is 0.600. The molecule has 21 heavy (non-hydrogen) atoms. The molecular formula is C15H23NO4S. The Morgan fingerprint density at radius 3 is 2.62 bits per heavy atom. The molecule has 1 aromatic rings. The van der Waals surface area contributed by atoms with Gasteiger partial charge in [-0.1, -0.05) is 13.8 Å². The van der Waals surface area contributed by atoms with Crippen molar-refractivity contribution in [1.82, 2.24) is 4.31 Å². The molecule has 2 rings (SSSR count). The van der Waals surface area contributed by atoms with Crippen LogP contribution < -0.4 is 4.74 Å². The molecule has 0 radical (unpaired) electrons. The van der Waals surface area contributed by atoms with E-state index in [2.05, 4.69) is 13.8 Å². The van der Waals surface area contributed by atoms with Crippen LogP contribution in [-0.4, -0.2) is 38.0 Å². The summed E-state index contributed by atoms with van der Waals surface area (Å²) in [5, 5.41) is 9.34. The second-order valence-electron chi connectivity index (χ2n) is 5.74. The first-order chi connectivity index (χ1) is 9.90. The van der Waals surface area contributed by atoms with E-state index in [0.717, 1.165) is 6.42 Å². The Labute approximate surface area is 126 Å². The zero-order chi connectivity index (χ0) is 15.6. The lowest BCUT2D eigenvalue weighted by atomic mass is 9.90. The number of rotatable bonds is 4. The van der Waals surface area contributed by atoms with Crippen molar-refractivity contribution in [1.29, 1.82) is 0 Å². The van der Waals surface area contributed by atoms with Gasteiger partial charge in [-0.25, -0.2) is 8.42 Å². The molecule has 1 saturated heterocycles. The SMILES string of the molecule is COc1ccc(S(=O)(=O)N2CCC(C)C(C)C2)cc1CO. The van der Waals surface area contributed by atoms with Crippen LogP contribution in [0.4, 0.5) is 0 Å². The normalized spacial score (nSPS) is 24.0. The molecule has 0 bridgehead atoms. The van der Waals surface area contributed by atoms with E-state index in [1.807, 2.05) is 0 Å². The molecule has 118 valence electrons. The molecule has 1 N–H and O–H groups in total. The molecule has 0 saturated carbocycles. The highest BCUT2D eigenvalue weighted by Crippen LogP contribution is 2.29. The largest absolute Gasteiger partial charge is 0.496 e. The zero-order valence-electron chi connectivity index (χ0n) is 12.7. The number of nitrogens with zero attached hydrogens (tertiary/aromatic N) is 1. The summed E-state index contributed by atoms with van der Waals surface area (Å²) in [7, 11) is -2.01. The lowest BCUT2D eigenvalue weighted by molar-refractivity contribution is 0.212. The van der Waals surface area contributed by atoms with Crippen molar-refractivity contribution in [2.75, 3.05) is 20.2 Å². The number of aliphatic hydroxyl groups excluding tert-OH is 1. The van der Waals surface area contributed by atoms with Crippen molar-refractivity contribution in [2.45, 2.75) is 31.8 Å². The Kier molecular flexibility index (Phi) is 4.91. The fourth-order valence-corrected chi connectivity index (χ4v) is 4.24. The van der Waals surface area contributed by atoms with Gasteiger partial charge in [0.1, 0.15) is 5.75 Å². The van der Waals surface area contributed by atoms with Crippen molar-refractivity contribution in [2.24, 2.45) is 11.8 Å². The van der Waals surface area contributed by atoms with E-state index in [4.69, 9.17) is 4.74 Å². The molecule has 1 heterocycles. The monoisotopic (exact) mass is 313 g/mol. The Bertz CT molecular complexity index is 600. The number of sulfonamides is 1. The summed E-state index contributed by atoms with van der Waals surface area (Å²) in [5.74, 6) is 1.39. The lowest BCUT2D eigenvalue weighted by Crippen LogP contribution is -2.42. The van der Waals surface area contributed by atoms with Crippen LogP contribution >= 0.6 is 0 Å². The van der Waals surface area contributed by atoms with Crippen molar-refractivity contribution < 1.29 is 18.3 Å². The number of ether oxygens (including phenoxy) is 1. The summed E-state index contributed by atoms with van der Waals surface area (Å²) in [6.45, 7) is 5.09. The van der Waals surface area contributed by atoms with E-state index in [1.54, 1.807) is 10.4 Å². The highest BCUT2D eigenvalue weighted by atomic mass is 32.2. The number of benzene rings is 1. The van der Waals surface area contributed by atoms with E-state index in [9.17, 15) is 13.5 Å². The molecule has 1 aromatic carbocycles. The summed E-state index contributed by atoms with van der Waals surface area (Å²) in [6.07, 6.45) is 0.878. The third kappa shape index (κ3) is 3.22. The standard InChI is InChI=1S/C15H23NO4S/c1-11-6-7-16(9-12(11)2)21(18,19)14-4-5-15(20-3)13(8-14)10-17/h4-5,8,11-12,17H,6-7,9-10H2,1-3H3. The molecule has 0 aliphatic carbocycles. The maximum Gasteiger partial charge on any atom is 0.243 e. The van der Waals surface area contributed by atoms with Gasteiger partial charge in [-0.05, 0) is 36.5 Å². The van der Waals surface area contributed by atoms with Gasteiger partial charge in [0.25, 0.3) is 0 Å². The first-order valence-corrected chi connectivity index (χ1v) is 8.62. The Morgan fingerprint density at radius 1 is 1.33 bits per heavy atom. The maximum atomic E-state index is 12.7. The zero-order valence-corrected chi connectivity index (χ0v) is 13.6. The molecule has 2 unspecified atom stereocenters. The van der Waals surface area contributed by atoms with Gasteiger partial charge in [0.15, 0.2) is 0 Å². The number of hydrogen-bond acceptors (Lipinski definition) is 4. The quantitative estimate of drug-likeness (QED) is 0.921. The van der Waals surface area contributed by atoms with Crippen LogP contribution in [0.25, 0.3) is 0 Å². The van der Waals surface area contributed by atoms with Gasteiger partial charge in [0.2, 0.25) is 10.0 Å². The Morgan fingerprint density at radius 2 is 2.05 bits per heavy atom. The first kappa shape index (κ1) is 16.3. The van der Waals surface area contributed by atoms with E-state index >= 15 is 0 Å². The summed E-state index contributed by atoms with van der Waals surface area (Å²) in [4.78, 5) is 0.217. The van der Waals surface area contributed by atoms with Gasteiger partial charge in [-0.15, -0.1) is 0 Å². The summed E-state index contributed by atoms with van der Waals surface area (Å²) in [6, 6.07) is 4.63. The average molecular weight is 313 g/mol. The van der Waals surface area contributed by atoms with Crippen LogP contribution in [0.15, 0.2) is 23.1 Å². The van der Waals surface area contributed by atoms with Crippen molar-refractivity contribution in [3.8, 4) is 5.75 Å². The van der Waals surface area contributed by atoms with E-state index < -0.39 is 10.0 Å². The van der Waals surface area contributed by atoms with Gasteiger partial charge < -0.3 is 9.84 Å². The highest BCUT2D eigenvalue weighted by Gasteiger charge is 2.32. The predicted octanol–water partition coefficient (Wildman–Crippen LogP) is 1.85. The smallest absolute Gasteiger partial charge is 0.243 e. The van der Waals surface area contributed by atoms with Crippen LogP contribution in [-0.2, 0) is 16.6 Å². The first-order valence-electron chi connectivity index (χ1n) is 7.18. The molecule has 0 spiro atoms. The predicted molar refractivity (Wildman–Crippen MR) is 80.6 cm³/mol. The molecule has 5 nitrogen and oxygen atoms in total.